The maximum atomic E-state index is 13.7. The summed E-state index contributed by atoms with van der Waals surface area (Å²) in [6.07, 6.45) is 3.69. The molecule has 1 unspecified atom stereocenters. The van der Waals surface area contributed by atoms with Gasteiger partial charge in [-0.25, -0.2) is 9.92 Å². The lowest BCUT2D eigenvalue weighted by Crippen LogP contribution is -2.32. The van der Waals surface area contributed by atoms with Crippen LogP contribution in [-0.4, -0.2) is 30.4 Å². The van der Waals surface area contributed by atoms with Gasteiger partial charge in [-0.05, 0) is 60.7 Å². The molecule has 0 radical (unpaired) electrons. The molecule has 0 bridgehead atoms. The van der Waals surface area contributed by atoms with Crippen molar-refractivity contribution in [2.75, 3.05) is 25.0 Å². The Bertz CT molecular complexity index is 1160. The Hall–Kier alpha value is -3.19. The second kappa shape index (κ2) is 9.75. The van der Waals surface area contributed by atoms with Crippen LogP contribution in [0.1, 0.15) is 49.4 Å². The molecule has 2 aliphatic rings. The Balaban J connectivity index is 1.74. The van der Waals surface area contributed by atoms with Crippen LogP contribution in [0.15, 0.2) is 53.3 Å². The van der Waals surface area contributed by atoms with E-state index in [0.717, 1.165) is 40.9 Å². The lowest BCUT2D eigenvalue weighted by molar-refractivity contribution is -0.128. The zero-order valence-electron chi connectivity index (χ0n) is 18.7. The van der Waals surface area contributed by atoms with Gasteiger partial charge in [0.2, 0.25) is 5.91 Å². The molecule has 1 atom stereocenters. The van der Waals surface area contributed by atoms with Gasteiger partial charge in [-0.2, -0.15) is 5.11 Å². The molecule has 3 N–H and O–H groups in total. The number of carbonyl (C=O) groups is 1. The van der Waals surface area contributed by atoms with Crippen LogP contribution in [0.4, 0.5) is 10.1 Å². The summed E-state index contributed by atoms with van der Waals surface area (Å²) in [4.78, 5) is 13.5. The van der Waals surface area contributed by atoms with Crippen molar-refractivity contribution in [2.45, 2.75) is 32.7 Å². The van der Waals surface area contributed by atoms with Gasteiger partial charge in [0.05, 0.1) is 22.5 Å². The highest BCUT2D eigenvalue weighted by atomic mass is 35.5. The van der Waals surface area contributed by atoms with Crippen LogP contribution in [0.2, 0.25) is 5.02 Å². The number of nitrogens with zero attached hydrogens (tertiary/aromatic N) is 2. The molecule has 2 aliphatic heterocycles. The summed E-state index contributed by atoms with van der Waals surface area (Å²) in [6, 6.07) is 10.9. The number of allylic oxidation sites excluding steroid dienone is 1. The molecule has 172 valence electrons. The molecule has 1 amide bonds. The number of hydrogen-bond donors (Lipinski definition) is 3. The van der Waals surface area contributed by atoms with Gasteiger partial charge in [0.1, 0.15) is 5.82 Å². The number of hydrogen-bond acceptors (Lipinski definition) is 5. The third-order valence-corrected chi connectivity index (χ3v) is 6.54. The number of amides is 1. The van der Waals surface area contributed by atoms with E-state index in [1.165, 1.54) is 11.6 Å². The Morgan fingerprint density at radius 1 is 1.27 bits per heavy atom. The quantitative estimate of drug-likeness (QED) is 0.484. The molecule has 6 nitrogen and oxygen atoms in total. The fourth-order valence-electron chi connectivity index (χ4n) is 4.40. The van der Waals surface area contributed by atoms with Crippen molar-refractivity contribution in [3.8, 4) is 0 Å². The average Bonchev–Trinajstić information content (AvgIpc) is 3.00. The number of benzene rings is 2. The molecule has 2 heterocycles. The Labute approximate surface area is 198 Å². The van der Waals surface area contributed by atoms with Crippen LogP contribution in [0, 0.1) is 11.3 Å². The molecule has 0 aromatic heterocycles. The van der Waals surface area contributed by atoms with Crippen molar-refractivity contribution >= 4 is 34.5 Å². The summed E-state index contributed by atoms with van der Waals surface area (Å²) in [5.74, 6) is -0.362. The first-order chi connectivity index (χ1) is 15.9. The van der Waals surface area contributed by atoms with Crippen LogP contribution in [0.5, 0.6) is 0 Å². The molecular formula is C25H27ClFN5O. The maximum Gasteiger partial charge on any atom is 0.219 e. The van der Waals surface area contributed by atoms with Gasteiger partial charge < -0.3 is 15.5 Å². The molecule has 2 aromatic carbocycles. The minimum Gasteiger partial charge on any atom is -0.383 e. The van der Waals surface area contributed by atoms with Gasteiger partial charge in [0, 0.05) is 37.8 Å². The van der Waals surface area contributed by atoms with E-state index in [-0.39, 0.29) is 17.0 Å². The molecule has 8 heteroatoms. The summed E-state index contributed by atoms with van der Waals surface area (Å²) in [6.45, 7) is 5.42. The van der Waals surface area contributed by atoms with E-state index in [1.807, 2.05) is 11.8 Å². The molecule has 0 fully saturated rings. The highest BCUT2D eigenvalue weighted by Gasteiger charge is 2.24. The van der Waals surface area contributed by atoms with Crippen molar-refractivity contribution in [1.82, 2.24) is 10.2 Å². The highest BCUT2D eigenvalue weighted by Crippen LogP contribution is 2.36. The van der Waals surface area contributed by atoms with Crippen LogP contribution >= 0.6 is 11.6 Å². The molecule has 0 aliphatic carbocycles. The van der Waals surface area contributed by atoms with Crippen LogP contribution in [0.3, 0.4) is 0 Å². The van der Waals surface area contributed by atoms with E-state index >= 15 is 0 Å². The van der Waals surface area contributed by atoms with Gasteiger partial charge >= 0.3 is 0 Å². The lowest BCUT2D eigenvalue weighted by atomic mass is 9.90. The SMILES string of the molecule is CC(=O)N1CC=C(c2ccc3c(c2)C(Nc2ccc(F)c(Cl)c2)CCN/C3=C(/C)N=N)CC1. The summed E-state index contributed by atoms with van der Waals surface area (Å²) >= 11 is 6.00. The number of halogens is 2. The minimum atomic E-state index is -0.450. The molecular weight excluding hydrogens is 441 g/mol. The first kappa shape index (κ1) is 23.0. The average molecular weight is 468 g/mol. The molecule has 0 spiro atoms. The van der Waals surface area contributed by atoms with Crippen molar-refractivity contribution in [3.63, 3.8) is 0 Å². The van der Waals surface area contributed by atoms with Crippen LogP contribution < -0.4 is 10.6 Å². The predicted octanol–water partition coefficient (Wildman–Crippen LogP) is 5.98. The Morgan fingerprint density at radius 2 is 2.09 bits per heavy atom. The van der Waals surface area contributed by atoms with E-state index in [2.05, 4.69) is 40.0 Å². The third-order valence-electron chi connectivity index (χ3n) is 6.25. The fourth-order valence-corrected chi connectivity index (χ4v) is 4.58. The Morgan fingerprint density at radius 3 is 2.76 bits per heavy atom. The van der Waals surface area contributed by atoms with Crippen LogP contribution in [-0.2, 0) is 4.79 Å². The van der Waals surface area contributed by atoms with Crippen molar-refractivity contribution in [3.05, 3.63) is 75.7 Å². The van der Waals surface area contributed by atoms with Crippen molar-refractivity contribution < 1.29 is 9.18 Å². The molecule has 33 heavy (non-hydrogen) atoms. The van der Waals surface area contributed by atoms with E-state index in [0.29, 0.717) is 25.3 Å². The number of carbonyl (C=O) groups excluding carboxylic acids is 1. The second-order valence-electron chi connectivity index (χ2n) is 8.36. The zero-order valence-corrected chi connectivity index (χ0v) is 19.5. The summed E-state index contributed by atoms with van der Waals surface area (Å²) in [7, 11) is 0. The maximum absolute atomic E-state index is 13.7. The monoisotopic (exact) mass is 467 g/mol. The standard InChI is InChI=1S/C25H27ClFN5O/c1-15(31-28)25-20-5-3-18(17-8-11-32(12-9-17)16(2)33)13-21(20)24(7-10-29-25)30-19-4-6-23(27)22(26)14-19/h3-6,8,13-14,24,28-30H,7,9-12H2,1-2H3/b25-15-,31-28?. The molecule has 2 aromatic rings. The third kappa shape index (κ3) is 4.93. The predicted molar refractivity (Wildman–Crippen MR) is 129 cm³/mol. The normalized spacial score (nSPS) is 19.6. The number of anilines is 1. The van der Waals surface area contributed by atoms with Gasteiger partial charge in [0.25, 0.3) is 0 Å². The highest BCUT2D eigenvalue weighted by molar-refractivity contribution is 6.31. The number of nitrogens with one attached hydrogen (secondary N) is 3. The molecule has 0 saturated carbocycles. The minimum absolute atomic E-state index is 0.0529. The van der Waals surface area contributed by atoms with E-state index < -0.39 is 5.82 Å². The van der Waals surface area contributed by atoms with Gasteiger partial charge in [0.15, 0.2) is 0 Å². The summed E-state index contributed by atoms with van der Waals surface area (Å²) < 4.78 is 13.7. The van der Waals surface area contributed by atoms with Gasteiger partial charge in [-0.3, -0.25) is 4.79 Å². The zero-order chi connectivity index (χ0) is 23.5. The second-order valence-corrected chi connectivity index (χ2v) is 8.77. The summed E-state index contributed by atoms with van der Waals surface area (Å²) in [5, 5.41) is 10.7. The van der Waals surface area contributed by atoms with Crippen molar-refractivity contribution in [1.29, 1.82) is 5.53 Å². The van der Waals surface area contributed by atoms with Crippen LogP contribution in [0.25, 0.3) is 11.3 Å². The molecule has 4 rings (SSSR count). The number of fused-ring (bicyclic) bond motifs is 1. The smallest absolute Gasteiger partial charge is 0.219 e. The van der Waals surface area contributed by atoms with E-state index in [4.69, 9.17) is 17.1 Å². The summed E-state index contributed by atoms with van der Waals surface area (Å²) in [5.41, 5.74) is 14.1. The van der Waals surface area contributed by atoms with Gasteiger partial charge in [-0.15, -0.1) is 0 Å². The molecule has 0 saturated heterocycles. The van der Waals surface area contributed by atoms with Crippen molar-refractivity contribution in [2.24, 2.45) is 5.11 Å². The van der Waals surface area contributed by atoms with E-state index in [9.17, 15) is 9.18 Å². The first-order valence-electron chi connectivity index (χ1n) is 11.0. The number of rotatable bonds is 4. The lowest BCUT2D eigenvalue weighted by Gasteiger charge is -2.26. The topological polar surface area (TPSA) is 80.6 Å². The first-order valence-corrected chi connectivity index (χ1v) is 11.4. The Kier molecular flexibility index (Phi) is 6.79. The van der Waals surface area contributed by atoms with Gasteiger partial charge in [-0.1, -0.05) is 29.8 Å². The van der Waals surface area contributed by atoms with E-state index in [1.54, 1.807) is 19.1 Å². The fraction of sp³-hybridized carbons (Fsp3) is 0.320. The largest absolute Gasteiger partial charge is 0.383 e.